The minimum atomic E-state index is -0.513. The second kappa shape index (κ2) is 7.09. The van der Waals surface area contributed by atoms with Crippen molar-refractivity contribution >= 4 is 5.91 Å². The van der Waals surface area contributed by atoms with Gasteiger partial charge in [-0.1, -0.05) is 48.5 Å². The number of ether oxygens (including phenoxy) is 2. The number of rotatable bonds is 5. The lowest BCUT2D eigenvalue weighted by Gasteiger charge is -2.14. The molecule has 0 unspecified atom stereocenters. The minimum Gasteiger partial charge on any atom is -0.493 e. The van der Waals surface area contributed by atoms with Crippen LogP contribution in [0.5, 0.6) is 11.5 Å². The monoisotopic (exact) mass is 333 g/mol. The highest BCUT2D eigenvalue weighted by Crippen LogP contribution is 2.36. The molecule has 0 spiro atoms. The van der Waals surface area contributed by atoms with Gasteiger partial charge in [-0.15, -0.1) is 0 Å². The van der Waals surface area contributed by atoms with Crippen molar-refractivity contribution in [1.29, 1.82) is 0 Å². The van der Waals surface area contributed by atoms with E-state index in [0.29, 0.717) is 22.6 Å². The smallest absolute Gasteiger partial charge is 0.249 e. The molecular formula is C21H19NO3. The van der Waals surface area contributed by atoms with Crippen LogP contribution in [-0.2, 0) is 0 Å². The van der Waals surface area contributed by atoms with Gasteiger partial charge in [-0.3, -0.25) is 4.79 Å². The molecule has 0 aliphatic carbocycles. The minimum absolute atomic E-state index is 0.392. The van der Waals surface area contributed by atoms with Crippen molar-refractivity contribution in [3.63, 3.8) is 0 Å². The molecule has 0 saturated carbocycles. The lowest BCUT2D eigenvalue weighted by atomic mass is 9.95. The quantitative estimate of drug-likeness (QED) is 0.763. The fourth-order valence-electron chi connectivity index (χ4n) is 2.82. The second-order valence-corrected chi connectivity index (χ2v) is 5.56. The Balaban J connectivity index is 2.17. The van der Waals surface area contributed by atoms with E-state index in [-0.39, 0.29) is 0 Å². The van der Waals surface area contributed by atoms with E-state index in [1.165, 1.54) is 7.11 Å². The van der Waals surface area contributed by atoms with E-state index in [1.54, 1.807) is 19.2 Å². The van der Waals surface area contributed by atoms with Gasteiger partial charge in [0.05, 0.1) is 19.8 Å². The summed E-state index contributed by atoms with van der Waals surface area (Å²) in [7, 11) is 3.09. The van der Waals surface area contributed by atoms with Crippen molar-refractivity contribution in [3.8, 4) is 33.8 Å². The van der Waals surface area contributed by atoms with Crippen LogP contribution in [0.25, 0.3) is 22.3 Å². The average Bonchev–Trinajstić information content (AvgIpc) is 2.67. The van der Waals surface area contributed by atoms with Gasteiger partial charge < -0.3 is 15.2 Å². The fraction of sp³-hybridized carbons (Fsp3) is 0.0952. The van der Waals surface area contributed by atoms with E-state index in [1.807, 2.05) is 54.6 Å². The Kier molecular flexibility index (Phi) is 4.70. The molecule has 3 rings (SSSR count). The molecular weight excluding hydrogens is 314 g/mol. The van der Waals surface area contributed by atoms with Crippen LogP contribution in [0.15, 0.2) is 66.7 Å². The van der Waals surface area contributed by atoms with E-state index in [2.05, 4.69) is 0 Å². The van der Waals surface area contributed by atoms with Gasteiger partial charge >= 0.3 is 0 Å². The van der Waals surface area contributed by atoms with Crippen molar-refractivity contribution in [1.82, 2.24) is 0 Å². The molecule has 0 saturated heterocycles. The average molecular weight is 333 g/mol. The molecule has 25 heavy (non-hydrogen) atoms. The van der Waals surface area contributed by atoms with Crippen molar-refractivity contribution < 1.29 is 14.3 Å². The maximum Gasteiger partial charge on any atom is 0.249 e. The molecule has 3 aromatic rings. The lowest BCUT2D eigenvalue weighted by molar-refractivity contribution is 0.100. The maximum atomic E-state index is 11.9. The van der Waals surface area contributed by atoms with Crippen LogP contribution in [0, 0.1) is 0 Å². The van der Waals surface area contributed by atoms with Crippen LogP contribution >= 0.6 is 0 Å². The van der Waals surface area contributed by atoms with Crippen molar-refractivity contribution in [3.05, 3.63) is 72.3 Å². The number of methoxy groups -OCH3 is 2. The number of nitrogens with two attached hydrogens (primary N) is 1. The van der Waals surface area contributed by atoms with Crippen LogP contribution in [0.4, 0.5) is 0 Å². The van der Waals surface area contributed by atoms with Crippen molar-refractivity contribution in [2.24, 2.45) is 5.73 Å². The normalized spacial score (nSPS) is 10.3. The highest BCUT2D eigenvalue weighted by atomic mass is 16.5. The summed E-state index contributed by atoms with van der Waals surface area (Å²) in [5.41, 5.74) is 9.73. The maximum absolute atomic E-state index is 11.9. The van der Waals surface area contributed by atoms with Crippen molar-refractivity contribution in [2.45, 2.75) is 0 Å². The molecule has 1 amide bonds. The van der Waals surface area contributed by atoms with Gasteiger partial charge in [0.15, 0.2) is 11.5 Å². The number of hydrogen-bond donors (Lipinski definition) is 1. The highest BCUT2D eigenvalue weighted by molar-refractivity contribution is 6.01. The zero-order valence-corrected chi connectivity index (χ0v) is 14.2. The zero-order valence-electron chi connectivity index (χ0n) is 14.2. The summed E-state index contributed by atoms with van der Waals surface area (Å²) in [6.07, 6.45) is 0. The number of hydrogen-bond acceptors (Lipinski definition) is 3. The molecule has 0 aliphatic rings. The highest BCUT2D eigenvalue weighted by Gasteiger charge is 2.16. The first-order valence-corrected chi connectivity index (χ1v) is 7.85. The van der Waals surface area contributed by atoms with Gasteiger partial charge in [-0.2, -0.15) is 0 Å². The number of amides is 1. The van der Waals surface area contributed by atoms with Gasteiger partial charge in [0.2, 0.25) is 5.91 Å². The first kappa shape index (κ1) is 16.6. The Morgan fingerprint density at radius 1 is 0.760 bits per heavy atom. The third kappa shape index (κ3) is 3.33. The zero-order chi connectivity index (χ0) is 17.8. The van der Waals surface area contributed by atoms with E-state index in [0.717, 1.165) is 16.7 Å². The third-order valence-electron chi connectivity index (χ3n) is 4.07. The summed E-state index contributed by atoms with van der Waals surface area (Å²) >= 11 is 0. The second-order valence-electron chi connectivity index (χ2n) is 5.56. The standard InChI is InChI=1S/C21H19NO3/c1-24-19-12-17(18(21(22)23)13-20(19)25-2)16-10-6-9-15(11-16)14-7-4-3-5-8-14/h3-13H,1-2H3,(H2,22,23). The van der Waals surface area contributed by atoms with E-state index in [9.17, 15) is 4.79 Å². The predicted octanol–water partition coefficient (Wildman–Crippen LogP) is 4.14. The first-order chi connectivity index (χ1) is 12.1. The van der Waals surface area contributed by atoms with E-state index < -0.39 is 5.91 Å². The van der Waals surface area contributed by atoms with Crippen LogP contribution < -0.4 is 15.2 Å². The Bertz CT molecular complexity index is 904. The fourth-order valence-corrected chi connectivity index (χ4v) is 2.82. The molecule has 0 heterocycles. The van der Waals surface area contributed by atoms with Gasteiger partial charge in [-0.25, -0.2) is 0 Å². The topological polar surface area (TPSA) is 61.5 Å². The summed E-state index contributed by atoms with van der Waals surface area (Å²) in [4.78, 5) is 11.9. The number of benzene rings is 3. The molecule has 0 aliphatic heterocycles. The van der Waals surface area contributed by atoms with Gasteiger partial charge in [0, 0.05) is 0 Å². The largest absolute Gasteiger partial charge is 0.493 e. The molecule has 0 atom stereocenters. The number of carbonyl (C=O) groups excluding carboxylic acids is 1. The molecule has 4 nitrogen and oxygen atoms in total. The van der Waals surface area contributed by atoms with Gasteiger partial charge in [0.1, 0.15) is 0 Å². The molecule has 4 heteroatoms. The first-order valence-electron chi connectivity index (χ1n) is 7.85. The molecule has 0 aromatic heterocycles. The summed E-state index contributed by atoms with van der Waals surface area (Å²) < 4.78 is 10.6. The molecule has 0 radical (unpaired) electrons. The molecule has 0 bridgehead atoms. The third-order valence-corrected chi connectivity index (χ3v) is 4.07. The Hall–Kier alpha value is -3.27. The number of primary amides is 1. The van der Waals surface area contributed by atoms with Crippen LogP contribution in [-0.4, -0.2) is 20.1 Å². The summed E-state index contributed by atoms with van der Waals surface area (Å²) in [6.45, 7) is 0. The molecule has 126 valence electrons. The molecule has 3 aromatic carbocycles. The van der Waals surface area contributed by atoms with E-state index >= 15 is 0 Å². The molecule has 0 fully saturated rings. The summed E-state index contributed by atoms with van der Waals surface area (Å²) in [5, 5.41) is 0. The molecule has 2 N–H and O–H groups in total. The Morgan fingerprint density at radius 3 is 2.00 bits per heavy atom. The Labute approximate surface area is 146 Å². The summed E-state index contributed by atoms with van der Waals surface area (Å²) in [5.74, 6) is 0.507. The predicted molar refractivity (Wildman–Crippen MR) is 98.9 cm³/mol. The van der Waals surface area contributed by atoms with Crippen LogP contribution in [0.1, 0.15) is 10.4 Å². The SMILES string of the molecule is COc1cc(C(N)=O)c(-c2cccc(-c3ccccc3)c2)cc1OC. The van der Waals surface area contributed by atoms with Gasteiger partial charge in [-0.05, 0) is 40.5 Å². The van der Waals surface area contributed by atoms with Crippen LogP contribution in [0.2, 0.25) is 0 Å². The van der Waals surface area contributed by atoms with Crippen LogP contribution in [0.3, 0.4) is 0 Å². The van der Waals surface area contributed by atoms with Gasteiger partial charge in [0.25, 0.3) is 0 Å². The summed E-state index contributed by atoms with van der Waals surface area (Å²) in [6, 6.07) is 21.4. The number of carbonyl (C=O) groups is 1. The van der Waals surface area contributed by atoms with Crippen molar-refractivity contribution in [2.75, 3.05) is 14.2 Å². The van der Waals surface area contributed by atoms with E-state index in [4.69, 9.17) is 15.2 Å². The Morgan fingerprint density at radius 2 is 1.36 bits per heavy atom. The lowest BCUT2D eigenvalue weighted by Crippen LogP contribution is -2.13.